The molecule has 9 heteroatoms. The van der Waals surface area contributed by atoms with Crippen LogP contribution < -0.4 is 10.6 Å². The van der Waals surface area contributed by atoms with Gasteiger partial charge < -0.3 is 15.4 Å². The third-order valence-electron chi connectivity index (χ3n) is 3.08. The summed E-state index contributed by atoms with van der Waals surface area (Å²) in [4.78, 5) is 19.7. The number of alkyl carbamates (subject to hydrolysis) is 1. The first-order valence-electron chi connectivity index (χ1n) is 7.14. The van der Waals surface area contributed by atoms with E-state index in [-0.39, 0.29) is 5.95 Å². The SMILES string of the molecule is CC(C)(C)OC(=O)NC1(c2ccnc(NCC(F)(F)F)n2)CC1. The fourth-order valence-electron chi connectivity index (χ4n) is 1.96. The Kier molecular flexibility index (Phi) is 4.41. The molecule has 6 nitrogen and oxygen atoms in total. The number of ether oxygens (including phenoxy) is 1. The third kappa shape index (κ3) is 5.26. The van der Waals surface area contributed by atoms with Gasteiger partial charge in [-0.1, -0.05) is 0 Å². The van der Waals surface area contributed by atoms with Crippen molar-refractivity contribution in [3.63, 3.8) is 0 Å². The molecule has 0 radical (unpaired) electrons. The van der Waals surface area contributed by atoms with E-state index in [1.54, 1.807) is 26.8 Å². The average molecular weight is 332 g/mol. The topological polar surface area (TPSA) is 76.1 Å². The molecule has 1 aliphatic carbocycles. The van der Waals surface area contributed by atoms with Crippen LogP contribution in [0.2, 0.25) is 0 Å². The largest absolute Gasteiger partial charge is 0.444 e. The predicted octanol–water partition coefficient (Wildman–Crippen LogP) is 2.96. The van der Waals surface area contributed by atoms with Crippen LogP contribution in [0.3, 0.4) is 0 Å². The summed E-state index contributed by atoms with van der Waals surface area (Å²) < 4.78 is 41.9. The maximum absolute atomic E-state index is 12.2. The minimum absolute atomic E-state index is 0.128. The van der Waals surface area contributed by atoms with Gasteiger partial charge in [-0.25, -0.2) is 14.8 Å². The Morgan fingerprint density at radius 1 is 1.35 bits per heavy atom. The molecular formula is C14H19F3N4O2. The van der Waals surface area contributed by atoms with Crippen LogP contribution >= 0.6 is 0 Å². The molecule has 0 atom stereocenters. The number of carbonyl (C=O) groups is 1. The maximum atomic E-state index is 12.2. The summed E-state index contributed by atoms with van der Waals surface area (Å²) in [6.45, 7) is 4.02. The number of amides is 1. The summed E-state index contributed by atoms with van der Waals surface area (Å²) in [5, 5.41) is 4.86. The van der Waals surface area contributed by atoms with Gasteiger partial charge in [0.1, 0.15) is 12.1 Å². The zero-order chi connectivity index (χ0) is 17.3. The van der Waals surface area contributed by atoms with Crippen LogP contribution in [0.1, 0.15) is 39.3 Å². The number of halogens is 3. The van der Waals surface area contributed by atoms with Crippen molar-refractivity contribution in [1.82, 2.24) is 15.3 Å². The number of carbonyl (C=O) groups excluding carboxylic acids is 1. The van der Waals surface area contributed by atoms with Crippen molar-refractivity contribution >= 4 is 12.0 Å². The highest BCUT2D eigenvalue weighted by Gasteiger charge is 2.48. The monoisotopic (exact) mass is 332 g/mol. The lowest BCUT2D eigenvalue weighted by Crippen LogP contribution is -2.39. The van der Waals surface area contributed by atoms with E-state index in [9.17, 15) is 18.0 Å². The fraction of sp³-hybridized carbons (Fsp3) is 0.643. The molecule has 0 unspecified atom stereocenters. The quantitative estimate of drug-likeness (QED) is 0.886. The van der Waals surface area contributed by atoms with Crippen LogP contribution in [0.5, 0.6) is 0 Å². The number of aromatic nitrogens is 2. The van der Waals surface area contributed by atoms with E-state index in [1.165, 1.54) is 6.20 Å². The Balaban J connectivity index is 2.04. The molecule has 0 saturated heterocycles. The number of anilines is 1. The number of rotatable bonds is 4. The summed E-state index contributed by atoms with van der Waals surface area (Å²) in [6.07, 6.45) is -2.30. The first-order chi connectivity index (χ1) is 10.5. The highest BCUT2D eigenvalue weighted by atomic mass is 19.4. The van der Waals surface area contributed by atoms with Crippen molar-refractivity contribution in [2.45, 2.75) is 50.9 Å². The van der Waals surface area contributed by atoms with Crippen molar-refractivity contribution in [3.8, 4) is 0 Å². The van der Waals surface area contributed by atoms with E-state index in [1.807, 2.05) is 0 Å². The lowest BCUT2D eigenvalue weighted by atomic mass is 10.1. The second-order valence-electron chi connectivity index (χ2n) is 6.44. The average Bonchev–Trinajstić information content (AvgIpc) is 3.14. The molecule has 1 fully saturated rings. The predicted molar refractivity (Wildman–Crippen MR) is 76.9 cm³/mol. The van der Waals surface area contributed by atoms with Gasteiger partial charge in [0.15, 0.2) is 0 Å². The normalized spacial score (nSPS) is 16.6. The summed E-state index contributed by atoms with van der Waals surface area (Å²) in [6, 6.07) is 1.57. The van der Waals surface area contributed by atoms with Crippen LogP contribution in [-0.4, -0.2) is 34.4 Å². The molecule has 1 heterocycles. The van der Waals surface area contributed by atoms with Gasteiger partial charge in [-0.05, 0) is 39.7 Å². The second-order valence-corrected chi connectivity index (χ2v) is 6.44. The van der Waals surface area contributed by atoms with Crippen LogP contribution in [0.15, 0.2) is 12.3 Å². The molecule has 1 aliphatic rings. The van der Waals surface area contributed by atoms with Gasteiger partial charge in [0, 0.05) is 6.20 Å². The number of nitrogens with one attached hydrogen (secondary N) is 2. The number of hydrogen-bond acceptors (Lipinski definition) is 5. The molecule has 1 aromatic rings. The maximum Gasteiger partial charge on any atom is 0.408 e. The van der Waals surface area contributed by atoms with Gasteiger partial charge in [-0.3, -0.25) is 0 Å². The highest BCUT2D eigenvalue weighted by molar-refractivity contribution is 5.69. The van der Waals surface area contributed by atoms with Crippen molar-refractivity contribution in [1.29, 1.82) is 0 Å². The zero-order valence-corrected chi connectivity index (χ0v) is 13.1. The fourth-order valence-corrected chi connectivity index (χ4v) is 1.96. The Morgan fingerprint density at radius 2 is 2.00 bits per heavy atom. The third-order valence-corrected chi connectivity index (χ3v) is 3.08. The standard InChI is InChI=1S/C14H19F3N4O2/c1-12(2,3)23-11(22)21-13(5-6-13)9-4-7-18-10(20-9)19-8-14(15,16)17/h4,7H,5-6,8H2,1-3H3,(H,21,22)(H,18,19,20). The molecular weight excluding hydrogens is 313 g/mol. The van der Waals surface area contributed by atoms with E-state index < -0.39 is 30.0 Å². The Morgan fingerprint density at radius 3 is 2.52 bits per heavy atom. The molecule has 1 saturated carbocycles. The molecule has 2 rings (SSSR count). The molecule has 0 spiro atoms. The molecule has 0 bridgehead atoms. The van der Waals surface area contributed by atoms with Gasteiger partial charge in [0.05, 0.1) is 11.2 Å². The minimum Gasteiger partial charge on any atom is -0.444 e. The summed E-state index contributed by atoms with van der Waals surface area (Å²) in [5.41, 5.74) is -0.867. The smallest absolute Gasteiger partial charge is 0.408 e. The van der Waals surface area contributed by atoms with Crippen molar-refractivity contribution in [2.75, 3.05) is 11.9 Å². The number of alkyl halides is 3. The summed E-state index contributed by atoms with van der Waals surface area (Å²) in [7, 11) is 0. The van der Waals surface area contributed by atoms with E-state index >= 15 is 0 Å². The van der Waals surface area contributed by atoms with E-state index in [2.05, 4.69) is 20.6 Å². The van der Waals surface area contributed by atoms with Crippen LogP contribution in [0.25, 0.3) is 0 Å². The number of nitrogens with zero attached hydrogens (tertiary/aromatic N) is 2. The van der Waals surface area contributed by atoms with Crippen LogP contribution in [-0.2, 0) is 10.3 Å². The second kappa shape index (κ2) is 5.86. The Bertz CT molecular complexity index is 580. The summed E-state index contributed by atoms with van der Waals surface area (Å²) >= 11 is 0. The van der Waals surface area contributed by atoms with Gasteiger partial charge >= 0.3 is 12.3 Å². The Hall–Kier alpha value is -2.06. The lowest BCUT2D eigenvalue weighted by Gasteiger charge is -2.23. The van der Waals surface area contributed by atoms with E-state index in [0.717, 1.165) is 0 Å². The van der Waals surface area contributed by atoms with Crippen LogP contribution in [0, 0.1) is 0 Å². The van der Waals surface area contributed by atoms with Crippen LogP contribution in [0.4, 0.5) is 23.9 Å². The highest BCUT2D eigenvalue weighted by Crippen LogP contribution is 2.44. The first kappa shape index (κ1) is 17.3. The van der Waals surface area contributed by atoms with Gasteiger partial charge in [-0.2, -0.15) is 13.2 Å². The number of hydrogen-bond donors (Lipinski definition) is 2. The molecule has 2 N–H and O–H groups in total. The van der Waals surface area contributed by atoms with Crippen molar-refractivity contribution in [3.05, 3.63) is 18.0 Å². The first-order valence-corrected chi connectivity index (χ1v) is 7.14. The van der Waals surface area contributed by atoms with Gasteiger partial charge in [0.25, 0.3) is 0 Å². The van der Waals surface area contributed by atoms with Gasteiger partial charge in [-0.15, -0.1) is 0 Å². The summed E-state index contributed by atoms with van der Waals surface area (Å²) in [5.74, 6) is -0.128. The zero-order valence-electron chi connectivity index (χ0n) is 13.1. The Labute approximate surface area is 131 Å². The molecule has 0 aromatic carbocycles. The molecule has 128 valence electrons. The van der Waals surface area contributed by atoms with Crippen molar-refractivity contribution in [2.24, 2.45) is 0 Å². The molecule has 0 aliphatic heterocycles. The minimum atomic E-state index is -4.36. The van der Waals surface area contributed by atoms with E-state index in [4.69, 9.17) is 4.74 Å². The van der Waals surface area contributed by atoms with Gasteiger partial charge in [0.2, 0.25) is 5.95 Å². The lowest BCUT2D eigenvalue weighted by molar-refractivity contribution is -0.115. The molecule has 1 aromatic heterocycles. The molecule has 23 heavy (non-hydrogen) atoms. The molecule has 1 amide bonds. The van der Waals surface area contributed by atoms with E-state index in [0.29, 0.717) is 18.5 Å². The van der Waals surface area contributed by atoms with Crippen molar-refractivity contribution < 1.29 is 22.7 Å².